The zero-order valence-corrected chi connectivity index (χ0v) is 9.19. The van der Waals surface area contributed by atoms with Crippen LogP contribution < -0.4 is 5.32 Å². The molecule has 0 aliphatic carbocycles. The average Bonchev–Trinajstić information content (AvgIpc) is 2.28. The third kappa shape index (κ3) is 3.18. The van der Waals surface area contributed by atoms with Gasteiger partial charge < -0.3 is 10.1 Å². The second-order valence-electron chi connectivity index (χ2n) is 3.55. The Morgan fingerprint density at radius 3 is 3.13 bits per heavy atom. The number of amides is 1. The minimum absolute atomic E-state index is 0.0103. The van der Waals surface area contributed by atoms with Gasteiger partial charge in [0, 0.05) is 19.6 Å². The highest BCUT2D eigenvalue weighted by atomic mass is 16.5. The normalized spacial score (nSPS) is 24.2. The van der Waals surface area contributed by atoms with Gasteiger partial charge in [0.2, 0.25) is 5.91 Å². The van der Waals surface area contributed by atoms with Gasteiger partial charge in [0.1, 0.15) is 0 Å². The van der Waals surface area contributed by atoms with Gasteiger partial charge in [-0.3, -0.25) is 9.69 Å². The molecule has 2 unspecified atom stereocenters. The summed E-state index contributed by atoms with van der Waals surface area (Å²) in [6.45, 7) is 6.11. The summed E-state index contributed by atoms with van der Waals surface area (Å²) in [4.78, 5) is 13.5. The lowest BCUT2D eigenvalue weighted by Crippen LogP contribution is -2.51. The van der Waals surface area contributed by atoms with Crippen LogP contribution in [0.5, 0.6) is 0 Å². The number of carbonyl (C=O) groups is 1. The zero-order valence-electron chi connectivity index (χ0n) is 9.19. The van der Waals surface area contributed by atoms with E-state index >= 15 is 0 Å². The molecule has 0 spiro atoms. The molecule has 1 rings (SSSR count). The first-order valence-electron chi connectivity index (χ1n) is 5.22. The predicted molar refractivity (Wildman–Crippen MR) is 55.1 cm³/mol. The van der Waals surface area contributed by atoms with Crippen LogP contribution in [0.4, 0.5) is 0 Å². The topological polar surface area (TPSA) is 65.4 Å². The predicted octanol–water partition coefficient (Wildman–Crippen LogP) is -0.265. The Morgan fingerprint density at radius 1 is 1.80 bits per heavy atom. The van der Waals surface area contributed by atoms with E-state index in [0.717, 1.165) is 0 Å². The molecule has 1 heterocycles. The Labute approximate surface area is 90.0 Å². The van der Waals surface area contributed by atoms with Gasteiger partial charge in [0.25, 0.3) is 0 Å². The number of nitrogens with one attached hydrogen (secondary N) is 1. The number of hydrogen-bond donors (Lipinski definition) is 1. The van der Waals surface area contributed by atoms with E-state index in [1.807, 2.05) is 18.7 Å². The summed E-state index contributed by atoms with van der Waals surface area (Å²) in [6, 6.07) is 1.87. The Hall–Kier alpha value is -1.12. The van der Waals surface area contributed by atoms with Crippen LogP contribution in [0, 0.1) is 11.3 Å². The van der Waals surface area contributed by atoms with Crippen molar-refractivity contribution in [3.63, 3.8) is 0 Å². The smallest absolute Gasteiger partial charge is 0.237 e. The molecule has 1 amide bonds. The van der Waals surface area contributed by atoms with Crippen molar-refractivity contribution in [3.05, 3.63) is 0 Å². The van der Waals surface area contributed by atoms with Crippen molar-refractivity contribution in [2.24, 2.45) is 0 Å². The van der Waals surface area contributed by atoms with E-state index < -0.39 is 6.10 Å². The van der Waals surface area contributed by atoms with Crippen molar-refractivity contribution < 1.29 is 9.53 Å². The number of likely N-dealkylation sites (N-methyl/N-ethyl adjacent to an activating group) is 1. The summed E-state index contributed by atoms with van der Waals surface area (Å²) >= 11 is 0. The van der Waals surface area contributed by atoms with Gasteiger partial charge >= 0.3 is 0 Å². The maximum Gasteiger partial charge on any atom is 0.237 e. The molecule has 0 aromatic heterocycles. The molecule has 1 N–H and O–H groups in total. The van der Waals surface area contributed by atoms with E-state index in [-0.39, 0.29) is 11.9 Å². The molecule has 0 aromatic rings. The van der Waals surface area contributed by atoms with Crippen LogP contribution in [0.25, 0.3) is 0 Å². The van der Waals surface area contributed by atoms with Gasteiger partial charge in [-0.15, -0.1) is 0 Å². The highest BCUT2D eigenvalue weighted by Crippen LogP contribution is 2.08. The molecule has 0 saturated carbocycles. The number of nitrogens with zero attached hydrogens (tertiary/aromatic N) is 2. The molecule has 2 atom stereocenters. The van der Waals surface area contributed by atoms with Crippen LogP contribution in [0.3, 0.4) is 0 Å². The van der Waals surface area contributed by atoms with Gasteiger partial charge in [-0.1, -0.05) is 0 Å². The molecule has 0 radical (unpaired) electrons. The molecule has 84 valence electrons. The third-order valence-electron chi connectivity index (χ3n) is 2.52. The van der Waals surface area contributed by atoms with Crippen LogP contribution in [0.2, 0.25) is 0 Å². The Kier molecular flexibility index (Phi) is 4.53. The summed E-state index contributed by atoms with van der Waals surface area (Å²) in [5.74, 6) is 0.0103. The van der Waals surface area contributed by atoms with E-state index in [2.05, 4.69) is 11.4 Å². The first-order valence-corrected chi connectivity index (χ1v) is 5.22. The lowest BCUT2D eigenvalue weighted by atomic mass is 10.2. The highest BCUT2D eigenvalue weighted by molar-refractivity contribution is 5.81. The molecule has 5 nitrogen and oxygen atoms in total. The number of hydrogen-bond acceptors (Lipinski definition) is 4. The molecular weight excluding hydrogens is 194 g/mol. The van der Waals surface area contributed by atoms with Crippen LogP contribution in [-0.4, -0.2) is 49.2 Å². The SMILES string of the molecule is CCNC(=O)C(C)N1CCOC(C#N)C1. The van der Waals surface area contributed by atoms with Gasteiger partial charge in [-0.05, 0) is 13.8 Å². The number of ether oxygens (including phenoxy) is 1. The number of carbonyl (C=O) groups excluding carboxylic acids is 1. The van der Waals surface area contributed by atoms with Crippen molar-refractivity contribution in [1.29, 1.82) is 5.26 Å². The third-order valence-corrected chi connectivity index (χ3v) is 2.52. The fourth-order valence-corrected chi connectivity index (χ4v) is 1.59. The summed E-state index contributed by atoms with van der Waals surface area (Å²) in [6.07, 6.45) is -0.407. The monoisotopic (exact) mass is 211 g/mol. The fraction of sp³-hybridized carbons (Fsp3) is 0.800. The van der Waals surface area contributed by atoms with E-state index in [1.165, 1.54) is 0 Å². The highest BCUT2D eigenvalue weighted by Gasteiger charge is 2.27. The molecule has 15 heavy (non-hydrogen) atoms. The van der Waals surface area contributed by atoms with Crippen molar-refractivity contribution in [1.82, 2.24) is 10.2 Å². The fourth-order valence-electron chi connectivity index (χ4n) is 1.59. The lowest BCUT2D eigenvalue weighted by Gasteiger charge is -2.33. The van der Waals surface area contributed by atoms with Crippen LogP contribution in [0.1, 0.15) is 13.8 Å². The van der Waals surface area contributed by atoms with Crippen molar-refractivity contribution in [2.45, 2.75) is 26.0 Å². The van der Waals surface area contributed by atoms with E-state index in [9.17, 15) is 4.79 Å². The van der Waals surface area contributed by atoms with Gasteiger partial charge in [0.05, 0.1) is 18.7 Å². The number of rotatable bonds is 3. The van der Waals surface area contributed by atoms with Crippen LogP contribution in [-0.2, 0) is 9.53 Å². The summed E-state index contributed by atoms with van der Waals surface area (Å²) in [7, 11) is 0. The summed E-state index contributed by atoms with van der Waals surface area (Å²) < 4.78 is 5.21. The molecule has 1 aliphatic heterocycles. The van der Waals surface area contributed by atoms with E-state index in [0.29, 0.717) is 26.2 Å². The molecule has 1 saturated heterocycles. The minimum atomic E-state index is -0.407. The van der Waals surface area contributed by atoms with Crippen molar-refractivity contribution in [3.8, 4) is 6.07 Å². The standard InChI is InChI=1S/C10H17N3O2/c1-3-12-10(14)8(2)13-4-5-15-9(6-11)7-13/h8-9H,3-5,7H2,1-2H3,(H,12,14). The summed E-state index contributed by atoms with van der Waals surface area (Å²) in [5.41, 5.74) is 0. The first kappa shape index (κ1) is 12.0. The Morgan fingerprint density at radius 2 is 2.53 bits per heavy atom. The molecule has 0 bridgehead atoms. The number of morpholine rings is 1. The quantitative estimate of drug-likeness (QED) is 0.698. The molecule has 1 fully saturated rings. The van der Waals surface area contributed by atoms with Crippen molar-refractivity contribution >= 4 is 5.91 Å². The largest absolute Gasteiger partial charge is 0.361 e. The second kappa shape index (κ2) is 5.69. The first-order chi connectivity index (χ1) is 7.19. The Bertz CT molecular complexity index is 262. The Balaban J connectivity index is 2.48. The molecule has 0 aromatic carbocycles. The van der Waals surface area contributed by atoms with Crippen molar-refractivity contribution in [2.75, 3.05) is 26.2 Å². The maximum atomic E-state index is 11.6. The number of nitriles is 1. The van der Waals surface area contributed by atoms with E-state index in [1.54, 1.807) is 0 Å². The average molecular weight is 211 g/mol. The second-order valence-corrected chi connectivity index (χ2v) is 3.55. The minimum Gasteiger partial charge on any atom is -0.361 e. The molecule has 5 heteroatoms. The molecular formula is C10H17N3O2. The van der Waals surface area contributed by atoms with Gasteiger partial charge in [-0.25, -0.2) is 0 Å². The summed E-state index contributed by atoms with van der Waals surface area (Å²) in [5, 5.41) is 11.5. The maximum absolute atomic E-state index is 11.6. The van der Waals surface area contributed by atoms with Crippen LogP contribution in [0.15, 0.2) is 0 Å². The zero-order chi connectivity index (χ0) is 11.3. The van der Waals surface area contributed by atoms with Gasteiger partial charge in [-0.2, -0.15) is 5.26 Å². The van der Waals surface area contributed by atoms with Crippen LogP contribution >= 0.6 is 0 Å². The van der Waals surface area contributed by atoms with E-state index in [4.69, 9.17) is 10.00 Å². The lowest BCUT2D eigenvalue weighted by molar-refractivity contribution is -0.128. The van der Waals surface area contributed by atoms with Gasteiger partial charge in [0.15, 0.2) is 6.10 Å². The molecule has 1 aliphatic rings.